The molecule has 148 valence electrons. The van der Waals surface area contributed by atoms with Crippen molar-refractivity contribution in [2.45, 2.75) is 32.4 Å². The monoisotopic (exact) mass is 378 g/mol. The Kier molecular flexibility index (Phi) is 8.77. The lowest BCUT2D eigenvalue weighted by molar-refractivity contribution is -0.169. The van der Waals surface area contributed by atoms with Gasteiger partial charge in [0.05, 0.1) is 13.2 Å². The van der Waals surface area contributed by atoms with E-state index in [1.54, 1.807) is 13.8 Å². The van der Waals surface area contributed by atoms with Crippen LogP contribution in [-0.2, 0) is 30.3 Å². The summed E-state index contributed by atoms with van der Waals surface area (Å²) in [5.74, 6) is -2.87. The normalized spacial score (nSPS) is 11.4. The molecular formula is C18H26N4O5. The van der Waals surface area contributed by atoms with E-state index in [1.807, 2.05) is 30.3 Å². The van der Waals surface area contributed by atoms with E-state index in [1.165, 1.54) is 7.05 Å². The van der Waals surface area contributed by atoms with E-state index in [9.17, 15) is 14.4 Å². The highest BCUT2D eigenvalue weighted by Crippen LogP contribution is 2.10. The molecule has 0 aliphatic carbocycles. The number of hydrogen-bond donors (Lipinski definition) is 3. The first-order valence-electron chi connectivity index (χ1n) is 8.59. The van der Waals surface area contributed by atoms with Gasteiger partial charge in [-0.2, -0.15) is 0 Å². The number of carbonyl (C=O) groups is 3. The Bertz CT molecular complexity index is 658. The number of aliphatic imine (C=N–C) groups is 1. The van der Waals surface area contributed by atoms with E-state index in [-0.39, 0.29) is 25.6 Å². The molecule has 0 bridgehead atoms. The minimum Gasteiger partial charge on any atom is -0.462 e. The zero-order valence-electron chi connectivity index (χ0n) is 15.8. The SMILES string of the molecule is CCOC(=O)C(NC(=O)CCc1ccccc1)(NC(N)=NC)C(=O)OCC. The highest BCUT2D eigenvalue weighted by atomic mass is 16.6. The van der Waals surface area contributed by atoms with Gasteiger partial charge in [-0.05, 0) is 25.8 Å². The fraction of sp³-hybridized carbons (Fsp3) is 0.444. The van der Waals surface area contributed by atoms with Gasteiger partial charge >= 0.3 is 17.6 Å². The molecule has 0 aliphatic heterocycles. The first-order chi connectivity index (χ1) is 12.9. The minimum absolute atomic E-state index is 0.00920. The fourth-order valence-corrected chi connectivity index (χ4v) is 2.22. The lowest BCUT2D eigenvalue weighted by Crippen LogP contribution is -2.72. The highest BCUT2D eigenvalue weighted by molar-refractivity contribution is 6.10. The van der Waals surface area contributed by atoms with Gasteiger partial charge in [-0.25, -0.2) is 9.59 Å². The molecule has 4 N–H and O–H groups in total. The molecule has 0 aliphatic rings. The number of amides is 1. The van der Waals surface area contributed by atoms with E-state index in [0.717, 1.165) is 5.56 Å². The van der Waals surface area contributed by atoms with Gasteiger partial charge in [0.25, 0.3) is 0 Å². The Hall–Kier alpha value is -3.10. The number of guanidine groups is 1. The number of carbonyl (C=O) groups excluding carboxylic acids is 3. The molecule has 0 atom stereocenters. The topological polar surface area (TPSA) is 132 Å². The Balaban J connectivity index is 3.07. The van der Waals surface area contributed by atoms with Crippen molar-refractivity contribution in [3.05, 3.63) is 35.9 Å². The van der Waals surface area contributed by atoms with Crippen LogP contribution in [-0.4, -0.2) is 49.7 Å². The van der Waals surface area contributed by atoms with Crippen LogP contribution in [0.4, 0.5) is 0 Å². The Morgan fingerprint density at radius 3 is 2.07 bits per heavy atom. The zero-order chi connectivity index (χ0) is 20.3. The van der Waals surface area contributed by atoms with Crippen molar-refractivity contribution in [1.29, 1.82) is 0 Å². The van der Waals surface area contributed by atoms with Crippen LogP contribution in [0.5, 0.6) is 0 Å². The molecular weight excluding hydrogens is 352 g/mol. The number of nitrogens with two attached hydrogens (primary N) is 1. The predicted molar refractivity (Wildman–Crippen MR) is 99.6 cm³/mol. The Labute approximate surface area is 158 Å². The molecule has 1 aromatic carbocycles. The van der Waals surface area contributed by atoms with Gasteiger partial charge < -0.3 is 25.8 Å². The number of ether oxygens (including phenoxy) is 2. The van der Waals surface area contributed by atoms with Crippen molar-refractivity contribution in [3.8, 4) is 0 Å². The van der Waals surface area contributed by atoms with Crippen molar-refractivity contribution in [2.75, 3.05) is 20.3 Å². The summed E-state index contributed by atoms with van der Waals surface area (Å²) in [5, 5.41) is 4.80. The lowest BCUT2D eigenvalue weighted by Gasteiger charge is -2.31. The maximum atomic E-state index is 12.5. The second-order valence-corrected chi connectivity index (χ2v) is 5.46. The molecule has 0 heterocycles. The molecule has 0 spiro atoms. The van der Waals surface area contributed by atoms with Gasteiger partial charge in [0.2, 0.25) is 5.91 Å². The van der Waals surface area contributed by atoms with E-state index in [2.05, 4.69) is 15.6 Å². The van der Waals surface area contributed by atoms with Crippen LogP contribution >= 0.6 is 0 Å². The lowest BCUT2D eigenvalue weighted by atomic mass is 10.1. The molecule has 0 radical (unpaired) electrons. The summed E-state index contributed by atoms with van der Waals surface area (Å²) in [5.41, 5.74) is 4.26. The van der Waals surface area contributed by atoms with E-state index >= 15 is 0 Å². The number of esters is 2. The molecule has 0 aromatic heterocycles. The summed E-state index contributed by atoms with van der Waals surface area (Å²) < 4.78 is 9.91. The van der Waals surface area contributed by atoms with Crippen LogP contribution < -0.4 is 16.4 Å². The van der Waals surface area contributed by atoms with Crippen LogP contribution in [0.15, 0.2) is 35.3 Å². The van der Waals surface area contributed by atoms with Crippen LogP contribution in [0.3, 0.4) is 0 Å². The maximum Gasteiger partial charge on any atom is 0.365 e. The third-order valence-electron chi connectivity index (χ3n) is 3.53. The molecule has 27 heavy (non-hydrogen) atoms. The van der Waals surface area contributed by atoms with E-state index in [0.29, 0.717) is 6.42 Å². The molecule has 1 aromatic rings. The van der Waals surface area contributed by atoms with Crippen molar-refractivity contribution in [1.82, 2.24) is 10.6 Å². The van der Waals surface area contributed by atoms with Crippen molar-refractivity contribution in [2.24, 2.45) is 10.7 Å². The number of nitrogens with zero attached hydrogens (tertiary/aromatic N) is 1. The fourth-order valence-electron chi connectivity index (χ4n) is 2.22. The molecule has 0 saturated carbocycles. The number of rotatable bonds is 9. The molecule has 9 nitrogen and oxygen atoms in total. The molecule has 0 saturated heterocycles. The first-order valence-corrected chi connectivity index (χ1v) is 8.59. The molecule has 0 fully saturated rings. The predicted octanol–water partition coefficient (Wildman–Crippen LogP) is 0.0920. The standard InChI is InChI=1S/C18H26N4O5/c1-4-26-15(24)18(16(25)27-5-2,22-17(19)20-3)21-14(23)12-11-13-9-7-6-8-10-13/h6-10H,4-5,11-12H2,1-3H3,(H,21,23)(H3,19,20,22). The van der Waals surface area contributed by atoms with Crippen molar-refractivity contribution in [3.63, 3.8) is 0 Å². The Morgan fingerprint density at radius 2 is 1.59 bits per heavy atom. The number of nitrogens with one attached hydrogen (secondary N) is 2. The number of hydrogen-bond acceptors (Lipinski definition) is 6. The van der Waals surface area contributed by atoms with Crippen LogP contribution in [0.1, 0.15) is 25.8 Å². The molecule has 1 amide bonds. The summed E-state index contributed by atoms with van der Waals surface area (Å²) in [7, 11) is 1.36. The van der Waals surface area contributed by atoms with Crippen LogP contribution in [0.25, 0.3) is 0 Å². The van der Waals surface area contributed by atoms with Crippen LogP contribution in [0, 0.1) is 0 Å². The average Bonchev–Trinajstić information content (AvgIpc) is 2.66. The molecule has 0 unspecified atom stereocenters. The summed E-state index contributed by atoms with van der Waals surface area (Å²) in [6.07, 6.45) is 0.460. The number of benzene rings is 1. The van der Waals surface area contributed by atoms with Gasteiger partial charge in [-0.3, -0.25) is 9.79 Å². The van der Waals surface area contributed by atoms with Gasteiger partial charge in [0.15, 0.2) is 5.96 Å². The third kappa shape index (κ3) is 6.28. The highest BCUT2D eigenvalue weighted by Gasteiger charge is 2.51. The largest absolute Gasteiger partial charge is 0.462 e. The average molecular weight is 378 g/mol. The quantitative estimate of drug-likeness (QED) is 0.182. The van der Waals surface area contributed by atoms with Gasteiger partial charge in [-0.1, -0.05) is 30.3 Å². The Morgan fingerprint density at radius 1 is 1.04 bits per heavy atom. The first kappa shape index (κ1) is 21.9. The maximum absolute atomic E-state index is 12.5. The van der Waals surface area contributed by atoms with Crippen molar-refractivity contribution < 1.29 is 23.9 Å². The van der Waals surface area contributed by atoms with E-state index in [4.69, 9.17) is 15.2 Å². The summed E-state index contributed by atoms with van der Waals surface area (Å²) in [6.45, 7) is 3.13. The minimum atomic E-state index is -2.32. The van der Waals surface area contributed by atoms with E-state index < -0.39 is 23.5 Å². The second kappa shape index (κ2) is 10.8. The van der Waals surface area contributed by atoms with Gasteiger partial charge in [-0.15, -0.1) is 0 Å². The molecule has 1 rings (SSSR count). The van der Waals surface area contributed by atoms with Gasteiger partial charge in [0.1, 0.15) is 0 Å². The second-order valence-electron chi connectivity index (χ2n) is 5.46. The molecule has 9 heteroatoms. The number of aryl methyl sites for hydroxylation is 1. The van der Waals surface area contributed by atoms with Crippen molar-refractivity contribution >= 4 is 23.8 Å². The zero-order valence-corrected chi connectivity index (χ0v) is 15.8. The summed E-state index contributed by atoms with van der Waals surface area (Å²) >= 11 is 0. The smallest absolute Gasteiger partial charge is 0.365 e. The third-order valence-corrected chi connectivity index (χ3v) is 3.53. The van der Waals surface area contributed by atoms with Crippen LogP contribution in [0.2, 0.25) is 0 Å². The summed E-state index contributed by atoms with van der Waals surface area (Å²) in [4.78, 5) is 41.2. The summed E-state index contributed by atoms with van der Waals surface area (Å²) in [6, 6.07) is 9.32. The van der Waals surface area contributed by atoms with Gasteiger partial charge in [0, 0.05) is 13.5 Å².